The van der Waals surface area contributed by atoms with Gasteiger partial charge in [0.2, 0.25) is 17.7 Å². The van der Waals surface area contributed by atoms with E-state index in [9.17, 15) is 14.4 Å². The number of likely N-dealkylation sites (tertiary alicyclic amines) is 2. The average Bonchev–Trinajstić information content (AvgIpc) is 2.75. The Hall–Kier alpha value is -1.43. The number of carbonyl (C=O) groups excluding carboxylic acids is 3. The molecule has 106 valence electrons. The van der Waals surface area contributed by atoms with Crippen molar-refractivity contribution in [3.8, 4) is 0 Å². The topological polar surface area (TPSA) is 66.9 Å². The maximum atomic E-state index is 12.1. The van der Waals surface area contributed by atoms with Gasteiger partial charge in [0.25, 0.3) is 0 Å². The second-order valence-corrected chi connectivity index (χ2v) is 5.03. The molecule has 0 aromatic rings. The van der Waals surface area contributed by atoms with Crippen molar-refractivity contribution in [3.05, 3.63) is 0 Å². The van der Waals surface area contributed by atoms with Crippen LogP contribution in [0.15, 0.2) is 0 Å². The van der Waals surface area contributed by atoms with Crippen LogP contribution in [-0.2, 0) is 19.1 Å². The molecule has 3 amide bonds. The third kappa shape index (κ3) is 3.32. The van der Waals surface area contributed by atoms with Crippen LogP contribution >= 0.6 is 0 Å². The van der Waals surface area contributed by atoms with E-state index in [1.54, 1.807) is 12.0 Å². The standard InChI is InChI=1S/C13H20N2O4/c1-19-10-3-2-7-14(9-10)11(16)6-8-15-12(17)4-5-13(15)18/h10H,2-9H2,1H3. The summed E-state index contributed by atoms with van der Waals surface area (Å²) in [5.74, 6) is -0.327. The minimum absolute atomic E-state index is 0.00532. The summed E-state index contributed by atoms with van der Waals surface area (Å²) in [4.78, 5) is 37.9. The van der Waals surface area contributed by atoms with Crippen molar-refractivity contribution in [3.63, 3.8) is 0 Å². The van der Waals surface area contributed by atoms with E-state index in [1.807, 2.05) is 0 Å². The van der Waals surface area contributed by atoms with Gasteiger partial charge in [-0.1, -0.05) is 0 Å². The Labute approximate surface area is 112 Å². The van der Waals surface area contributed by atoms with Gasteiger partial charge in [-0.25, -0.2) is 0 Å². The molecule has 0 aromatic carbocycles. The maximum absolute atomic E-state index is 12.1. The minimum atomic E-state index is -0.161. The summed E-state index contributed by atoms with van der Waals surface area (Å²) in [6, 6.07) is 0. The Kier molecular flexibility index (Phi) is 4.52. The zero-order valence-electron chi connectivity index (χ0n) is 11.3. The van der Waals surface area contributed by atoms with Crippen LogP contribution in [0.2, 0.25) is 0 Å². The number of ether oxygens (including phenoxy) is 1. The largest absolute Gasteiger partial charge is 0.380 e. The molecule has 6 heteroatoms. The van der Waals surface area contributed by atoms with E-state index < -0.39 is 0 Å². The predicted octanol–water partition coefficient (Wildman–Crippen LogP) is 0.163. The lowest BCUT2D eigenvalue weighted by Gasteiger charge is -2.32. The molecule has 0 saturated carbocycles. The van der Waals surface area contributed by atoms with Crippen molar-refractivity contribution in [1.82, 2.24) is 9.80 Å². The van der Waals surface area contributed by atoms with E-state index >= 15 is 0 Å². The number of imide groups is 1. The summed E-state index contributed by atoms with van der Waals surface area (Å²) in [6.07, 6.45) is 2.79. The fraction of sp³-hybridized carbons (Fsp3) is 0.769. The Balaban J connectivity index is 1.81. The molecule has 0 N–H and O–H groups in total. The lowest BCUT2D eigenvalue weighted by Crippen LogP contribution is -2.44. The molecule has 19 heavy (non-hydrogen) atoms. The van der Waals surface area contributed by atoms with Gasteiger partial charge in [0.15, 0.2) is 0 Å². The SMILES string of the molecule is COC1CCCN(C(=O)CCN2C(=O)CCC2=O)C1. The zero-order chi connectivity index (χ0) is 13.8. The fourth-order valence-corrected chi connectivity index (χ4v) is 2.59. The average molecular weight is 268 g/mol. The molecular weight excluding hydrogens is 248 g/mol. The number of nitrogens with zero attached hydrogens (tertiary/aromatic N) is 2. The second kappa shape index (κ2) is 6.14. The Morgan fingerprint density at radius 2 is 2.00 bits per heavy atom. The van der Waals surface area contributed by atoms with E-state index in [2.05, 4.69) is 0 Å². The first-order valence-electron chi connectivity index (χ1n) is 6.75. The zero-order valence-corrected chi connectivity index (χ0v) is 11.3. The van der Waals surface area contributed by atoms with Gasteiger partial charge in [-0.05, 0) is 12.8 Å². The van der Waals surface area contributed by atoms with Crippen molar-refractivity contribution >= 4 is 17.7 Å². The number of amides is 3. The molecule has 2 saturated heterocycles. The quantitative estimate of drug-likeness (QED) is 0.681. The highest BCUT2D eigenvalue weighted by Crippen LogP contribution is 2.15. The van der Waals surface area contributed by atoms with Gasteiger partial charge in [-0.3, -0.25) is 19.3 Å². The molecule has 2 rings (SSSR count). The lowest BCUT2D eigenvalue weighted by molar-refractivity contribution is -0.140. The molecule has 1 unspecified atom stereocenters. The highest BCUT2D eigenvalue weighted by Gasteiger charge is 2.30. The van der Waals surface area contributed by atoms with Crippen LogP contribution in [0.5, 0.6) is 0 Å². The van der Waals surface area contributed by atoms with Gasteiger partial charge in [-0.2, -0.15) is 0 Å². The van der Waals surface area contributed by atoms with Crippen molar-refractivity contribution in [2.75, 3.05) is 26.7 Å². The third-order valence-corrected chi connectivity index (χ3v) is 3.77. The number of carbonyl (C=O) groups is 3. The van der Waals surface area contributed by atoms with E-state index in [0.29, 0.717) is 6.54 Å². The number of hydrogen-bond donors (Lipinski definition) is 0. The van der Waals surface area contributed by atoms with Crippen LogP contribution in [0.4, 0.5) is 0 Å². The van der Waals surface area contributed by atoms with Gasteiger partial charge in [0, 0.05) is 46.0 Å². The summed E-state index contributed by atoms with van der Waals surface area (Å²) < 4.78 is 5.27. The Morgan fingerprint density at radius 3 is 2.63 bits per heavy atom. The molecule has 0 spiro atoms. The van der Waals surface area contributed by atoms with Crippen LogP contribution in [0, 0.1) is 0 Å². The smallest absolute Gasteiger partial charge is 0.229 e. The van der Waals surface area contributed by atoms with E-state index in [1.165, 1.54) is 4.90 Å². The third-order valence-electron chi connectivity index (χ3n) is 3.77. The van der Waals surface area contributed by atoms with Crippen LogP contribution in [0.1, 0.15) is 32.1 Å². The summed E-state index contributed by atoms with van der Waals surface area (Å²) in [5.41, 5.74) is 0. The van der Waals surface area contributed by atoms with E-state index in [-0.39, 0.29) is 49.6 Å². The molecule has 2 heterocycles. The fourth-order valence-electron chi connectivity index (χ4n) is 2.59. The Morgan fingerprint density at radius 1 is 1.32 bits per heavy atom. The van der Waals surface area contributed by atoms with Gasteiger partial charge < -0.3 is 9.64 Å². The summed E-state index contributed by atoms with van der Waals surface area (Å²) in [7, 11) is 1.65. The van der Waals surface area contributed by atoms with Crippen molar-refractivity contribution < 1.29 is 19.1 Å². The first-order chi connectivity index (χ1) is 9.11. The van der Waals surface area contributed by atoms with Crippen molar-refractivity contribution in [2.45, 2.75) is 38.2 Å². The number of rotatable bonds is 4. The lowest BCUT2D eigenvalue weighted by atomic mass is 10.1. The van der Waals surface area contributed by atoms with E-state index in [4.69, 9.17) is 4.74 Å². The van der Waals surface area contributed by atoms with Gasteiger partial charge in [-0.15, -0.1) is 0 Å². The van der Waals surface area contributed by atoms with Gasteiger partial charge in [0.1, 0.15) is 0 Å². The molecule has 1 atom stereocenters. The van der Waals surface area contributed by atoms with Crippen molar-refractivity contribution in [2.24, 2.45) is 0 Å². The first-order valence-corrected chi connectivity index (χ1v) is 6.75. The molecule has 2 aliphatic rings. The number of methoxy groups -OCH3 is 1. The maximum Gasteiger partial charge on any atom is 0.229 e. The second-order valence-electron chi connectivity index (χ2n) is 5.03. The highest BCUT2D eigenvalue weighted by molar-refractivity contribution is 6.02. The first kappa shape index (κ1) is 14.0. The van der Waals surface area contributed by atoms with Crippen LogP contribution in [-0.4, -0.2) is 60.4 Å². The molecule has 6 nitrogen and oxygen atoms in total. The predicted molar refractivity (Wildman–Crippen MR) is 67.2 cm³/mol. The normalized spacial score (nSPS) is 24.2. The molecule has 0 aliphatic carbocycles. The highest BCUT2D eigenvalue weighted by atomic mass is 16.5. The molecule has 0 radical (unpaired) electrons. The minimum Gasteiger partial charge on any atom is -0.380 e. The summed E-state index contributed by atoms with van der Waals surface area (Å²) >= 11 is 0. The van der Waals surface area contributed by atoms with Gasteiger partial charge in [0.05, 0.1) is 6.10 Å². The molecule has 2 aliphatic heterocycles. The van der Waals surface area contributed by atoms with Crippen LogP contribution in [0.25, 0.3) is 0 Å². The van der Waals surface area contributed by atoms with E-state index in [0.717, 1.165) is 19.4 Å². The van der Waals surface area contributed by atoms with Gasteiger partial charge >= 0.3 is 0 Å². The number of piperidine rings is 1. The summed E-state index contributed by atoms with van der Waals surface area (Å²) in [5, 5.41) is 0. The molecule has 2 fully saturated rings. The van der Waals surface area contributed by atoms with Crippen molar-refractivity contribution in [1.29, 1.82) is 0 Å². The molecular formula is C13H20N2O4. The molecule has 0 bridgehead atoms. The Bertz CT molecular complexity index is 367. The number of hydrogen-bond acceptors (Lipinski definition) is 4. The monoisotopic (exact) mass is 268 g/mol. The summed E-state index contributed by atoms with van der Waals surface area (Å²) in [6.45, 7) is 1.56. The van der Waals surface area contributed by atoms with Crippen LogP contribution < -0.4 is 0 Å². The van der Waals surface area contributed by atoms with Crippen LogP contribution in [0.3, 0.4) is 0 Å². The molecule has 0 aromatic heterocycles.